The lowest BCUT2D eigenvalue weighted by atomic mass is 10.0. The molecule has 0 radical (unpaired) electrons. The maximum Gasteiger partial charge on any atom is 0.134 e. The molecular weight excluding hydrogens is 262 g/mol. The third-order valence-corrected chi connectivity index (χ3v) is 2.75. The second-order valence-electron chi connectivity index (χ2n) is 3.17. The summed E-state index contributed by atoms with van der Waals surface area (Å²) in [7, 11) is 1.54. The number of aromatic hydroxyl groups is 1. The molecule has 1 aromatic rings. The molecule has 0 bridgehead atoms. The van der Waals surface area contributed by atoms with Crippen molar-refractivity contribution in [2.24, 2.45) is 5.73 Å². The predicted octanol–water partition coefficient (Wildman–Crippen LogP) is 1.55. The summed E-state index contributed by atoms with van der Waals surface area (Å²) in [4.78, 5) is 0. The molecule has 0 aliphatic carbocycles. The summed E-state index contributed by atoms with van der Waals surface area (Å²) in [5.74, 6) is 0.708. The topological polar surface area (TPSA) is 75.7 Å². The summed E-state index contributed by atoms with van der Waals surface area (Å²) in [5.41, 5.74) is 6.37. The number of aliphatic hydroxyl groups excluding tert-OH is 1. The van der Waals surface area contributed by atoms with Crippen LogP contribution in [0, 0.1) is 0 Å². The number of hydrogen-bond acceptors (Lipinski definition) is 4. The van der Waals surface area contributed by atoms with Gasteiger partial charge < -0.3 is 20.7 Å². The Labute approximate surface area is 96.8 Å². The van der Waals surface area contributed by atoms with Crippen LogP contribution >= 0.6 is 15.9 Å². The van der Waals surface area contributed by atoms with E-state index in [2.05, 4.69) is 15.9 Å². The van der Waals surface area contributed by atoms with E-state index in [0.717, 1.165) is 0 Å². The van der Waals surface area contributed by atoms with Crippen LogP contribution in [0.15, 0.2) is 16.6 Å². The molecule has 1 rings (SSSR count). The van der Waals surface area contributed by atoms with Gasteiger partial charge in [-0.1, -0.05) is 0 Å². The van der Waals surface area contributed by atoms with Crippen LogP contribution in [0.4, 0.5) is 0 Å². The minimum atomic E-state index is -0.401. The van der Waals surface area contributed by atoms with Gasteiger partial charge in [0.25, 0.3) is 0 Å². The Balaban J connectivity index is 3.09. The summed E-state index contributed by atoms with van der Waals surface area (Å²) in [5, 5.41) is 18.5. The number of methoxy groups -OCH3 is 1. The molecule has 0 amide bonds. The molecule has 15 heavy (non-hydrogen) atoms. The Hall–Kier alpha value is -0.780. The second-order valence-corrected chi connectivity index (χ2v) is 4.02. The maximum atomic E-state index is 9.75. The van der Waals surface area contributed by atoms with Gasteiger partial charge in [0.2, 0.25) is 0 Å². The molecule has 1 aromatic carbocycles. The molecule has 84 valence electrons. The Morgan fingerprint density at radius 2 is 2.20 bits per heavy atom. The van der Waals surface area contributed by atoms with Gasteiger partial charge in [-0.05, 0) is 34.5 Å². The average Bonchev–Trinajstić information content (AvgIpc) is 2.22. The van der Waals surface area contributed by atoms with Gasteiger partial charge in [-0.2, -0.15) is 0 Å². The van der Waals surface area contributed by atoms with Crippen molar-refractivity contribution in [1.82, 2.24) is 0 Å². The summed E-state index contributed by atoms with van der Waals surface area (Å²) in [6.07, 6.45) is 0.396. The van der Waals surface area contributed by atoms with Gasteiger partial charge in [0.05, 0.1) is 11.6 Å². The molecule has 0 saturated heterocycles. The minimum Gasteiger partial charge on any atom is -0.506 e. The highest BCUT2D eigenvalue weighted by Gasteiger charge is 2.14. The number of halogens is 1. The number of ether oxygens (including phenoxy) is 1. The predicted molar refractivity (Wildman–Crippen MR) is 61.0 cm³/mol. The minimum absolute atomic E-state index is 0.0184. The first-order valence-corrected chi connectivity index (χ1v) is 5.32. The first-order chi connectivity index (χ1) is 7.10. The number of phenols is 1. The molecule has 0 aliphatic heterocycles. The van der Waals surface area contributed by atoms with E-state index in [1.807, 2.05) is 0 Å². The van der Waals surface area contributed by atoms with E-state index in [0.29, 0.717) is 22.2 Å². The van der Waals surface area contributed by atoms with E-state index in [1.165, 1.54) is 0 Å². The SMILES string of the molecule is COc1cc(Br)c(O)c(C(N)CCO)c1. The zero-order chi connectivity index (χ0) is 11.4. The van der Waals surface area contributed by atoms with E-state index < -0.39 is 6.04 Å². The van der Waals surface area contributed by atoms with E-state index in [4.69, 9.17) is 15.6 Å². The molecule has 0 saturated carbocycles. The highest BCUT2D eigenvalue weighted by atomic mass is 79.9. The van der Waals surface area contributed by atoms with E-state index in [-0.39, 0.29) is 12.4 Å². The van der Waals surface area contributed by atoms with Gasteiger partial charge in [-0.25, -0.2) is 0 Å². The monoisotopic (exact) mass is 275 g/mol. The van der Waals surface area contributed by atoms with Crippen molar-refractivity contribution in [3.63, 3.8) is 0 Å². The Kier molecular flexibility index (Phi) is 4.38. The van der Waals surface area contributed by atoms with Crippen molar-refractivity contribution in [2.75, 3.05) is 13.7 Å². The number of benzene rings is 1. The first kappa shape index (κ1) is 12.3. The fraction of sp³-hybridized carbons (Fsp3) is 0.400. The average molecular weight is 276 g/mol. The van der Waals surface area contributed by atoms with E-state index >= 15 is 0 Å². The summed E-state index contributed by atoms with van der Waals surface area (Å²) < 4.78 is 5.59. The summed E-state index contributed by atoms with van der Waals surface area (Å²) in [6.45, 7) is -0.0184. The molecule has 4 N–H and O–H groups in total. The third kappa shape index (κ3) is 2.84. The van der Waals surface area contributed by atoms with Crippen molar-refractivity contribution >= 4 is 15.9 Å². The molecule has 0 fully saturated rings. The third-order valence-electron chi connectivity index (χ3n) is 2.14. The zero-order valence-corrected chi connectivity index (χ0v) is 9.99. The summed E-state index contributed by atoms with van der Waals surface area (Å²) in [6, 6.07) is 2.92. The molecular formula is C10H14BrNO3. The van der Waals surface area contributed by atoms with Crippen LogP contribution < -0.4 is 10.5 Å². The smallest absolute Gasteiger partial charge is 0.134 e. The molecule has 4 nitrogen and oxygen atoms in total. The molecule has 5 heteroatoms. The lowest BCUT2D eigenvalue weighted by Gasteiger charge is -2.14. The molecule has 0 heterocycles. The molecule has 0 aromatic heterocycles. The van der Waals surface area contributed by atoms with Crippen LogP contribution in [0.1, 0.15) is 18.0 Å². The normalized spacial score (nSPS) is 12.5. The van der Waals surface area contributed by atoms with Crippen LogP contribution in [-0.2, 0) is 0 Å². The van der Waals surface area contributed by atoms with Crippen molar-refractivity contribution in [3.8, 4) is 11.5 Å². The van der Waals surface area contributed by atoms with Crippen LogP contribution in [0.5, 0.6) is 11.5 Å². The van der Waals surface area contributed by atoms with Crippen LogP contribution in [-0.4, -0.2) is 23.9 Å². The van der Waals surface area contributed by atoms with Crippen molar-refractivity contribution in [1.29, 1.82) is 0 Å². The fourth-order valence-corrected chi connectivity index (χ4v) is 1.74. The van der Waals surface area contributed by atoms with Crippen molar-refractivity contribution in [2.45, 2.75) is 12.5 Å². The highest BCUT2D eigenvalue weighted by molar-refractivity contribution is 9.10. The number of aliphatic hydroxyl groups is 1. The Morgan fingerprint density at radius 1 is 1.53 bits per heavy atom. The summed E-state index contributed by atoms with van der Waals surface area (Å²) >= 11 is 3.21. The lowest BCUT2D eigenvalue weighted by Crippen LogP contribution is -2.12. The van der Waals surface area contributed by atoms with Gasteiger partial charge >= 0.3 is 0 Å². The van der Waals surface area contributed by atoms with Gasteiger partial charge in [0.1, 0.15) is 11.5 Å². The van der Waals surface area contributed by atoms with Crippen LogP contribution in [0.2, 0.25) is 0 Å². The van der Waals surface area contributed by atoms with E-state index in [1.54, 1.807) is 19.2 Å². The fourth-order valence-electron chi connectivity index (χ4n) is 1.29. The zero-order valence-electron chi connectivity index (χ0n) is 8.40. The van der Waals surface area contributed by atoms with Crippen molar-refractivity contribution in [3.05, 3.63) is 22.2 Å². The van der Waals surface area contributed by atoms with Gasteiger partial charge in [0.15, 0.2) is 0 Å². The van der Waals surface area contributed by atoms with Crippen LogP contribution in [0.3, 0.4) is 0 Å². The largest absolute Gasteiger partial charge is 0.506 e. The molecule has 0 spiro atoms. The first-order valence-electron chi connectivity index (χ1n) is 4.53. The quantitative estimate of drug-likeness (QED) is 0.779. The maximum absolute atomic E-state index is 9.75. The molecule has 1 unspecified atom stereocenters. The Bertz CT molecular complexity index is 344. The number of nitrogens with two attached hydrogens (primary N) is 1. The van der Waals surface area contributed by atoms with Gasteiger partial charge in [-0.15, -0.1) is 0 Å². The highest BCUT2D eigenvalue weighted by Crippen LogP contribution is 2.36. The van der Waals surface area contributed by atoms with Crippen LogP contribution in [0.25, 0.3) is 0 Å². The van der Waals surface area contributed by atoms with Gasteiger partial charge in [0, 0.05) is 18.2 Å². The molecule has 1 atom stereocenters. The second kappa shape index (κ2) is 5.34. The number of phenolic OH excluding ortho intramolecular Hbond substituents is 1. The Morgan fingerprint density at radius 3 is 2.73 bits per heavy atom. The standard InChI is InChI=1S/C10H14BrNO3/c1-15-6-4-7(9(12)2-3-13)10(14)8(11)5-6/h4-5,9,13-14H,2-3,12H2,1H3. The van der Waals surface area contributed by atoms with E-state index in [9.17, 15) is 5.11 Å². The van der Waals surface area contributed by atoms with Crippen molar-refractivity contribution < 1.29 is 14.9 Å². The van der Waals surface area contributed by atoms with Gasteiger partial charge in [-0.3, -0.25) is 0 Å². The number of hydrogen-bond donors (Lipinski definition) is 3. The molecule has 0 aliphatic rings. The number of rotatable bonds is 4. The lowest BCUT2D eigenvalue weighted by molar-refractivity contribution is 0.275.